The van der Waals surface area contributed by atoms with Crippen molar-refractivity contribution in [1.29, 1.82) is 0 Å². The van der Waals surface area contributed by atoms with Gasteiger partial charge in [-0.1, -0.05) is 182 Å². The molecule has 0 aliphatic heterocycles. The molecule has 0 radical (unpaired) electrons. The van der Waals surface area contributed by atoms with Crippen LogP contribution in [0.15, 0.2) is 218 Å². The molecule has 2 heteroatoms. The number of aromatic nitrogens is 2. The van der Waals surface area contributed by atoms with Crippen molar-refractivity contribution in [2.24, 2.45) is 0 Å². The molecule has 0 spiro atoms. The first-order valence-corrected chi connectivity index (χ1v) is 20.0. The van der Waals surface area contributed by atoms with Crippen molar-refractivity contribution in [2.45, 2.75) is 0 Å². The minimum Gasteiger partial charge on any atom is -0.307 e. The molecule has 0 saturated carbocycles. The van der Waals surface area contributed by atoms with E-state index in [1.165, 1.54) is 98.5 Å². The lowest BCUT2D eigenvalue weighted by molar-refractivity contribution is 1.15. The molecule has 0 amide bonds. The summed E-state index contributed by atoms with van der Waals surface area (Å²) < 4.78 is 4.96. The fraction of sp³-hybridized carbons (Fsp3) is 0. The molecule has 12 rings (SSSR count). The first-order chi connectivity index (χ1) is 28.8. The fourth-order valence-corrected chi connectivity index (χ4v) is 9.69. The number of fused-ring (bicyclic) bond motifs is 9. The van der Waals surface area contributed by atoms with Gasteiger partial charge in [0.1, 0.15) is 0 Å². The van der Waals surface area contributed by atoms with E-state index in [9.17, 15) is 0 Å². The molecule has 0 fully saturated rings. The molecule has 0 bridgehead atoms. The third-order valence-electron chi connectivity index (χ3n) is 12.1. The van der Waals surface area contributed by atoms with Crippen molar-refractivity contribution < 1.29 is 0 Å². The van der Waals surface area contributed by atoms with Gasteiger partial charge in [0.25, 0.3) is 0 Å². The fourth-order valence-electron chi connectivity index (χ4n) is 9.69. The lowest BCUT2D eigenvalue weighted by atomic mass is 9.84. The molecule has 0 atom stereocenters. The Kier molecular flexibility index (Phi) is 7.26. The molecule has 0 aliphatic rings. The van der Waals surface area contributed by atoms with Crippen molar-refractivity contribution in [1.82, 2.24) is 9.13 Å². The zero-order valence-corrected chi connectivity index (χ0v) is 31.7. The largest absolute Gasteiger partial charge is 0.307 e. The molecule has 270 valence electrons. The van der Waals surface area contributed by atoms with E-state index >= 15 is 0 Å². The quantitative estimate of drug-likeness (QED) is 0.156. The standard InChI is InChI=1S/C56H36N2/c1-4-18-37(19-5-1)41-24-10-11-26-44(41)54-47-29-14-12-27-45(47)53(46-28-13-15-30-48(46)54)38-32-33-43-50-35-34-49-42-25-16-17-31-51(42)57(39-20-6-2-7-21-39)55(49)56(50)58(52(43)36-38)40-22-8-3-9-23-40/h1-36H. The summed E-state index contributed by atoms with van der Waals surface area (Å²) in [6.45, 7) is 0. The van der Waals surface area contributed by atoms with Gasteiger partial charge in [-0.15, -0.1) is 0 Å². The predicted molar refractivity (Wildman–Crippen MR) is 246 cm³/mol. The van der Waals surface area contributed by atoms with Gasteiger partial charge in [-0.05, 0) is 91.3 Å². The highest BCUT2D eigenvalue weighted by Gasteiger charge is 2.23. The maximum absolute atomic E-state index is 2.50. The van der Waals surface area contributed by atoms with Crippen molar-refractivity contribution in [3.05, 3.63) is 218 Å². The van der Waals surface area contributed by atoms with Crippen molar-refractivity contribution in [3.8, 4) is 44.8 Å². The van der Waals surface area contributed by atoms with Crippen LogP contribution in [0.25, 0.3) is 110 Å². The van der Waals surface area contributed by atoms with Gasteiger partial charge in [-0.25, -0.2) is 0 Å². The summed E-state index contributed by atoms with van der Waals surface area (Å²) in [6, 6.07) is 79.9. The van der Waals surface area contributed by atoms with Crippen LogP contribution in [0.5, 0.6) is 0 Å². The van der Waals surface area contributed by atoms with Crippen LogP contribution in [0.1, 0.15) is 0 Å². The second-order valence-electron chi connectivity index (χ2n) is 15.2. The van der Waals surface area contributed by atoms with Gasteiger partial charge in [0.15, 0.2) is 0 Å². The first kappa shape index (κ1) is 32.6. The van der Waals surface area contributed by atoms with Crippen LogP contribution >= 0.6 is 0 Å². The Bertz CT molecular complexity index is 3480. The second kappa shape index (κ2) is 12.9. The normalized spacial score (nSPS) is 11.8. The minimum absolute atomic E-state index is 1.14. The zero-order chi connectivity index (χ0) is 38.2. The maximum atomic E-state index is 2.50. The number of para-hydroxylation sites is 3. The van der Waals surface area contributed by atoms with Crippen LogP contribution in [0.2, 0.25) is 0 Å². The van der Waals surface area contributed by atoms with Gasteiger partial charge in [0, 0.05) is 32.9 Å². The van der Waals surface area contributed by atoms with E-state index in [2.05, 4.69) is 228 Å². The van der Waals surface area contributed by atoms with Crippen LogP contribution in [-0.4, -0.2) is 9.13 Å². The van der Waals surface area contributed by atoms with Crippen molar-refractivity contribution in [3.63, 3.8) is 0 Å². The van der Waals surface area contributed by atoms with Crippen LogP contribution < -0.4 is 0 Å². The van der Waals surface area contributed by atoms with E-state index in [4.69, 9.17) is 0 Å². The Morgan fingerprint density at radius 3 is 1.24 bits per heavy atom. The predicted octanol–water partition coefficient (Wildman–Crippen LogP) is 15.2. The molecule has 10 aromatic carbocycles. The summed E-state index contributed by atoms with van der Waals surface area (Å²) in [4.78, 5) is 0. The Morgan fingerprint density at radius 2 is 0.655 bits per heavy atom. The van der Waals surface area contributed by atoms with Gasteiger partial charge in [-0.2, -0.15) is 0 Å². The SMILES string of the molecule is c1ccc(-c2ccccc2-c2c3ccccc3c(-c3ccc4c5ccc6c7ccccc7n(-c7ccccc7)c6c5n(-c5ccccc5)c4c3)c3ccccc23)cc1. The Morgan fingerprint density at radius 1 is 0.241 bits per heavy atom. The average Bonchev–Trinajstić information content (AvgIpc) is 3.82. The number of rotatable bonds is 5. The lowest BCUT2D eigenvalue weighted by Crippen LogP contribution is -1.98. The summed E-state index contributed by atoms with van der Waals surface area (Å²) in [5.41, 5.74) is 14.5. The number of hydrogen-bond acceptors (Lipinski definition) is 0. The Balaban J connectivity index is 1.20. The maximum Gasteiger partial charge on any atom is 0.0788 e. The molecule has 0 aliphatic carbocycles. The third kappa shape index (κ3) is 4.79. The first-order valence-electron chi connectivity index (χ1n) is 20.0. The lowest BCUT2D eigenvalue weighted by Gasteiger charge is -2.20. The summed E-state index contributed by atoms with van der Waals surface area (Å²) in [5.74, 6) is 0. The number of hydrogen-bond donors (Lipinski definition) is 0. The molecule has 58 heavy (non-hydrogen) atoms. The molecular formula is C56H36N2. The average molecular weight is 737 g/mol. The van der Waals surface area contributed by atoms with E-state index in [0.717, 1.165) is 11.4 Å². The summed E-state index contributed by atoms with van der Waals surface area (Å²) in [5, 5.41) is 9.95. The highest BCUT2D eigenvalue weighted by molar-refractivity contribution is 6.26. The van der Waals surface area contributed by atoms with Gasteiger partial charge >= 0.3 is 0 Å². The number of benzene rings is 10. The van der Waals surface area contributed by atoms with E-state index in [-0.39, 0.29) is 0 Å². The highest BCUT2D eigenvalue weighted by atomic mass is 15.0. The third-order valence-corrected chi connectivity index (χ3v) is 12.1. The summed E-state index contributed by atoms with van der Waals surface area (Å²) >= 11 is 0. The molecule has 0 N–H and O–H groups in total. The highest BCUT2D eigenvalue weighted by Crippen LogP contribution is 2.48. The molecule has 12 aromatic rings. The zero-order valence-electron chi connectivity index (χ0n) is 31.7. The summed E-state index contributed by atoms with van der Waals surface area (Å²) in [6.07, 6.45) is 0. The Labute approximate surface area is 336 Å². The van der Waals surface area contributed by atoms with Gasteiger partial charge in [-0.3, -0.25) is 0 Å². The molecular weight excluding hydrogens is 701 g/mol. The smallest absolute Gasteiger partial charge is 0.0788 e. The van der Waals surface area contributed by atoms with E-state index in [1.807, 2.05) is 0 Å². The molecule has 2 heterocycles. The van der Waals surface area contributed by atoms with E-state index < -0.39 is 0 Å². The molecule has 0 saturated heterocycles. The van der Waals surface area contributed by atoms with Crippen LogP contribution in [0, 0.1) is 0 Å². The van der Waals surface area contributed by atoms with Gasteiger partial charge in [0.05, 0.1) is 22.1 Å². The van der Waals surface area contributed by atoms with Crippen LogP contribution in [-0.2, 0) is 0 Å². The second-order valence-corrected chi connectivity index (χ2v) is 15.2. The van der Waals surface area contributed by atoms with Gasteiger partial charge < -0.3 is 9.13 Å². The number of nitrogens with zero attached hydrogens (tertiary/aromatic N) is 2. The molecule has 2 nitrogen and oxygen atoms in total. The summed E-state index contributed by atoms with van der Waals surface area (Å²) in [7, 11) is 0. The Hall–Kier alpha value is -7.68. The van der Waals surface area contributed by atoms with E-state index in [1.54, 1.807) is 0 Å². The topological polar surface area (TPSA) is 9.86 Å². The molecule has 0 unspecified atom stereocenters. The van der Waals surface area contributed by atoms with Crippen molar-refractivity contribution in [2.75, 3.05) is 0 Å². The van der Waals surface area contributed by atoms with Gasteiger partial charge in [0.2, 0.25) is 0 Å². The van der Waals surface area contributed by atoms with Crippen LogP contribution in [0.4, 0.5) is 0 Å². The van der Waals surface area contributed by atoms with Crippen molar-refractivity contribution >= 4 is 65.2 Å². The molecule has 2 aromatic heterocycles. The monoisotopic (exact) mass is 736 g/mol. The minimum atomic E-state index is 1.14. The van der Waals surface area contributed by atoms with Crippen LogP contribution in [0.3, 0.4) is 0 Å². The van der Waals surface area contributed by atoms with E-state index in [0.29, 0.717) is 0 Å².